The molecule has 0 atom stereocenters. The molecule has 0 aliphatic rings. The van der Waals surface area contributed by atoms with Crippen molar-refractivity contribution in [3.63, 3.8) is 0 Å². The minimum absolute atomic E-state index is 0.0739. The zero-order valence-electron chi connectivity index (χ0n) is 11.1. The Bertz CT molecular complexity index is 603. The number of hydrogen-bond donors (Lipinski definition) is 0. The second-order valence-electron chi connectivity index (χ2n) is 3.87. The van der Waals surface area contributed by atoms with Crippen molar-refractivity contribution < 1.29 is 18.7 Å². The van der Waals surface area contributed by atoms with Crippen LogP contribution >= 0.6 is 11.3 Å². The highest BCUT2D eigenvalue weighted by Gasteiger charge is 2.23. The fraction of sp³-hybridized carbons (Fsp3) is 0.417. The highest BCUT2D eigenvalue weighted by atomic mass is 32.1. The van der Waals surface area contributed by atoms with Gasteiger partial charge in [0.15, 0.2) is 0 Å². The fourth-order valence-electron chi connectivity index (χ4n) is 1.67. The Balaban J connectivity index is 2.48. The molecule has 0 aliphatic carbocycles. The third-order valence-corrected chi connectivity index (χ3v) is 3.51. The molecule has 2 rings (SSSR count). The second kappa shape index (κ2) is 5.50. The van der Waals surface area contributed by atoms with E-state index in [1.165, 1.54) is 25.6 Å². The minimum atomic E-state index is -0.565. The maximum Gasteiger partial charge on any atom is 0.376 e. The van der Waals surface area contributed by atoms with E-state index in [1.807, 2.05) is 13.8 Å². The number of oxazole rings is 1. The normalized spacial score (nSPS) is 10.7. The van der Waals surface area contributed by atoms with Gasteiger partial charge < -0.3 is 13.9 Å². The van der Waals surface area contributed by atoms with Gasteiger partial charge in [-0.15, -0.1) is 11.3 Å². The molecular weight excluding hydrogens is 268 g/mol. The van der Waals surface area contributed by atoms with E-state index in [0.717, 1.165) is 15.6 Å². The summed E-state index contributed by atoms with van der Waals surface area (Å²) >= 11 is 1.47. The SMILES string of the molecule is COCc1nc(-c2sc(C)nc2C)oc1C(=O)OC. The Labute approximate surface area is 114 Å². The summed E-state index contributed by atoms with van der Waals surface area (Å²) < 4.78 is 15.2. The van der Waals surface area contributed by atoms with Gasteiger partial charge in [-0.1, -0.05) is 0 Å². The van der Waals surface area contributed by atoms with Gasteiger partial charge in [-0.2, -0.15) is 0 Å². The van der Waals surface area contributed by atoms with Crippen LogP contribution < -0.4 is 0 Å². The van der Waals surface area contributed by atoms with Crippen molar-refractivity contribution in [3.8, 4) is 10.8 Å². The first-order chi connectivity index (χ1) is 9.06. The zero-order chi connectivity index (χ0) is 14.0. The number of carbonyl (C=O) groups is 1. The summed E-state index contributed by atoms with van der Waals surface area (Å²) in [6.45, 7) is 3.96. The van der Waals surface area contributed by atoms with Crippen LogP contribution in [0, 0.1) is 13.8 Å². The van der Waals surface area contributed by atoms with Gasteiger partial charge in [-0.05, 0) is 13.8 Å². The average molecular weight is 282 g/mol. The van der Waals surface area contributed by atoms with Crippen LogP contribution in [0.2, 0.25) is 0 Å². The molecule has 0 N–H and O–H groups in total. The first-order valence-electron chi connectivity index (χ1n) is 5.58. The first-order valence-corrected chi connectivity index (χ1v) is 6.39. The molecule has 19 heavy (non-hydrogen) atoms. The smallest absolute Gasteiger partial charge is 0.376 e. The predicted octanol–water partition coefficient (Wildman–Crippen LogP) is 2.35. The lowest BCUT2D eigenvalue weighted by Gasteiger charge is -1.96. The van der Waals surface area contributed by atoms with E-state index >= 15 is 0 Å². The monoisotopic (exact) mass is 282 g/mol. The minimum Gasteiger partial charge on any atom is -0.463 e. The maximum absolute atomic E-state index is 11.6. The molecule has 2 aromatic rings. The summed E-state index contributed by atoms with van der Waals surface area (Å²) in [5.74, 6) is -0.120. The topological polar surface area (TPSA) is 74.5 Å². The van der Waals surface area contributed by atoms with E-state index in [-0.39, 0.29) is 12.4 Å². The summed E-state index contributed by atoms with van der Waals surface area (Å²) in [7, 11) is 2.82. The van der Waals surface area contributed by atoms with E-state index < -0.39 is 5.97 Å². The van der Waals surface area contributed by atoms with Crippen LogP contribution in [0.3, 0.4) is 0 Å². The van der Waals surface area contributed by atoms with E-state index in [2.05, 4.69) is 14.7 Å². The molecule has 0 aromatic carbocycles. The van der Waals surface area contributed by atoms with Crippen LogP contribution in [-0.4, -0.2) is 30.2 Å². The molecule has 0 aliphatic heterocycles. The molecule has 6 nitrogen and oxygen atoms in total. The first kappa shape index (κ1) is 13.7. The standard InChI is InChI=1S/C12H14N2O4S/c1-6-10(19-7(2)13-6)11-14-8(5-16-3)9(18-11)12(15)17-4/h5H2,1-4H3. The molecule has 2 heterocycles. The number of rotatable bonds is 4. The molecule has 0 radical (unpaired) electrons. The molecule has 0 bridgehead atoms. The van der Waals surface area contributed by atoms with Crippen molar-refractivity contribution in [3.05, 3.63) is 22.2 Å². The van der Waals surface area contributed by atoms with Gasteiger partial charge in [0.05, 0.1) is 24.4 Å². The predicted molar refractivity (Wildman–Crippen MR) is 69.1 cm³/mol. The van der Waals surface area contributed by atoms with E-state index in [0.29, 0.717) is 11.6 Å². The lowest BCUT2D eigenvalue weighted by molar-refractivity contribution is 0.0559. The molecular formula is C12H14N2O4S. The van der Waals surface area contributed by atoms with Gasteiger partial charge in [-0.3, -0.25) is 0 Å². The Morgan fingerprint density at radius 2 is 2.05 bits per heavy atom. The summed E-state index contributed by atoms with van der Waals surface area (Å²) in [6, 6.07) is 0. The van der Waals surface area contributed by atoms with Gasteiger partial charge in [0, 0.05) is 7.11 Å². The average Bonchev–Trinajstić information content (AvgIpc) is 2.92. The molecule has 0 unspecified atom stereocenters. The summed E-state index contributed by atoms with van der Waals surface area (Å²) in [6.07, 6.45) is 0. The number of aromatic nitrogens is 2. The molecule has 0 amide bonds. The van der Waals surface area contributed by atoms with Gasteiger partial charge in [0.25, 0.3) is 0 Å². The van der Waals surface area contributed by atoms with Crippen LogP contribution in [0.25, 0.3) is 10.8 Å². The van der Waals surface area contributed by atoms with Crippen LogP contribution in [0.4, 0.5) is 0 Å². The quantitative estimate of drug-likeness (QED) is 0.801. The Morgan fingerprint density at radius 1 is 1.32 bits per heavy atom. The molecule has 0 spiro atoms. The number of carbonyl (C=O) groups excluding carboxylic acids is 1. The van der Waals surface area contributed by atoms with Gasteiger partial charge in [0.1, 0.15) is 10.6 Å². The number of esters is 1. The molecule has 0 fully saturated rings. The van der Waals surface area contributed by atoms with Crippen LogP contribution in [-0.2, 0) is 16.1 Å². The number of methoxy groups -OCH3 is 2. The largest absolute Gasteiger partial charge is 0.463 e. The third-order valence-electron chi connectivity index (χ3n) is 2.45. The number of hydrogen-bond acceptors (Lipinski definition) is 7. The number of nitrogens with zero attached hydrogens (tertiary/aromatic N) is 2. The highest BCUT2D eigenvalue weighted by molar-refractivity contribution is 7.15. The van der Waals surface area contributed by atoms with E-state index in [1.54, 1.807) is 0 Å². The van der Waals surface area contributed by atoms with Crippen molar-refractivity contribution in [2.24, 2.45) is 0 Å². The van der Waals surface area contributed by atoms with Crippen molar-refractivity contribution in [2.45, 2.75) is 20.5 Å². The molecule has 2 aromatic heterocycles. The van der Waals surface area contributed by atoms with Crippen LogP contribution in [0.1, 0.15) is 27.0 Å². The molecule has 7 heteroatoms. The van der Waals surface area contributed by atoms with Crippen molar-refractivity contribution in [1.29, 1.82) is 0 Å². The van der Waals surface area contributed by atoms with Crippen molar-refractivity contribution >= 4 is 17.3 Å². The van der Waals surface area contributed by atoms with E-state index in [9.17, 15) is 4.79 Å². The molecule has 0 saturated carbocycles. The van der Waals surface area contributed by atoms with E-state index in [4.69, 9.17) is 9.15 Å². The Morgan fingerprint density at radius 3 is 2.58 bits per heavy atom. The van der Waals surface area contributed by atoms with Gasteiger partial charge >= 0.3 is 5.97 Å². The summed E-state index contributed by atoms with van der Waals surface area (Å²) in [5, 5.41) is 0.915. The van der Waals surface area contributed by atoms with Crippen LogP contribution in [0.5, 0.6) is 0 Å². The lowest BCUT2D eigenvalue weighted by Crippen LogP contribution is -2.04. The lowest BCUT2D eigenvalue weighted by atomic mass is 10.3. The second-order valence-corrected chi connectivity index (χ2v) is 5.07. The van der Waals surface area contributed by atoms with Crippen molar-refractivity contribution in [2.75, 3.05) is 14.2 Å². The maximum atomic E-state index is 11.6. The highest BCUT2D eigenvalue weighted by Crippen LogP contribution is 2.30. The number of thiazole rings is 1. The Hall–Kier alpha value is -1.73. The molecule has 102 valence electrons. The Kier molecular flexibility index (Phi) is 3.96. The summed E-state index contributed by atoms with van der Waals surface area (Å²) in [5.41, 5.74) is 1.25. The number of aryl methyl sites for hydroxylation is 2. The fourth-order valence-corrected chi connectivity index (χ4v) is 2.51. The van der Waals surface area contributed by atoms with Gasteiger partial charge in [-0.25, -0.2) is 14.8 Å². The van der Waals surface area contributed by atoms with Crippen LogP contribution in [0.15, 0.2) is 4.42 Å². The number of ether oxygens (including phenoxy) is 2. The van der Waals surface area contributed by atoms with Crippen molar-refractivity contribution in [1.82, 2.24) is 9.97 Å². The van der Waals surface area contributed by atoms with Gasteiger partial charge in [0.2, 0.25) is 11.7 Å². The summed E-state index contributed by atoms with van der Waals surface area (Å²) in [4.78, 5) is 21.0. The third kappa shape index (κ3) is 2.66. The zero-order valence-corrected chi connectivity index (χ0v) is 12.0. The molecule has 0 saturated heterocycles.